The molecule has 0 atom stereocenters. The lowest BCUT2D eigenvalue weighted by Crippen LogP contribution is -2.31. The summed E-state index contributed by atoms with van der Waals surface area (Å²) >= 11 is 0. The van der Waals surface area contributed by atoms with Gasteiger partial charge in [0.15, 0.2) is 0 Å². The van der Waals surface area contributed by atoms with Gasteiger partial charge in [0.05, 0.1) is 5.75 Å². The number of nitrogens with two attached hydrogens (primary N) is 1. The standard InChI is InChI=1S/C9H22N2O2S/c1-3-9(4-2)8-14(12,13)11-7-5-6-10/h9,11H,3-8,10H2,1-2H3. The van der Waals surface area contributed by atoms with E-state index in [2.05, 4.69) is 4.72 Å². The zero-order valence-corrected chi connectivity index (χ0v) is 9.94. The summed E-state index contributed by atoms with van der Waals surface area (Å²) in [7, 11) is -3.08. The van der Waals surface area contributed by atoms with Crippen LogP contribution in [0.2, 0.25) is 0 Å². The van der Waals surface area contributed by atoms with E-state index >= 15 is 0 Å². The molecule has 0 heterocycles. The Morgan fingerprint density at radius 2 is 1.86 bits per heavy atom. The summed E-state index contributed by atoms with van der Waals surface area (Å²) in [5, 5.41) is 0. The molecule has 4 nitrogen and oxygen atoms in total. The Labute approximate surface area is 87.3 Å². The lowest BCUT2D eigenvalue weighted by Gasteiger charge is -2.12. The molecule has 0 aromatic rings. The van der Waals surface area contributed by atoms with Crippen LogP contribution < -0.4 is 10.5 Å². The number of hydrogen-bond acceptors (Lipinski definition) is 3. The predicted octanol–water partition coefficient (Wildman–Crippen LogP) is 0.691. The highest BCUT2D eigenvalue weighted by atomic mass is 32.2. The molecule has 0 bridgehead atoms. The molecule has 0 aliphatic carbocycles. The smallest absolute Gasteiger partial charge is 0.211 e. The molecule has 14 heavy (non-hydrogen) atoms. The minimum absolute atomic E-state index is 0.241. The van der Waals surface area contributed by atoms with Gasteiger partial charge in [-0.05, 0) is 18.9 Å². The maximum atomic E-state index is 11.5. The van der Waals surface area contributed by atoms with E-state index in [1.165, 1.54) is 0 Å². The Bertz CT molecular complexity index is 223. The third-order valence-electron chi connectivity index (χ3n) is 2.31. The Hall–Kier alpha value is -0.130. The molecular weight excluding hydrogens is 200 g/mol. The van der Waals surface area contributed by atoms with Crippen molar-refractivity contribution < 1.29 is 8.42 Å². The normalized spacial score (nSPS) is 12.3. The molecule has 0 aliphatic heterocycles. The van der Waals surface area contributed by atoms with Crippen LogP contribution >= 0.6 is 0 Å². The maximum Gasteiger partial charge on any atom is 0.211 e. The van der Waals surface area contributed by atoms with Crippen molar-refractivity contribution in [3.63, 3.8) is 0 Å². The van der Waals surface area contributed by atoms with E-state index in [0.717, 1.165) is 12.8 Å². The van der Waals surface area contributed by atoms with Gasteiger partial charge in [0.1, 0.15) is 0 Å². The number of hydrogen-bond donors (Lipinski definition) is 2. The van der Waals surface area contributed by atoms with Crippen LogP contribution in [0, 0.1) is 5.92 Å². The Morgan fingerprint density at radius 3 is 2.29 bits per heavy atom. The quantitative estimate of drug-likeness (QED) is 0.594. The Balaban J connectivity index is 3.93. The Kier molecular flexibility index (Phi) is 7.13. The van der Waals surface area contributed by atoms with E-state index in [0.29, 0.717) is 19.5 Å². The second-order valence-electron chi connectivity index (χ2n) is 3.50. The first kappa shape index (κ1) is 13.9. The molecule has 0 saturated heterocycles. The average molecular weight is 222 g/mol. The van der Waals surface area contributed by atoms with Crippen LogP contribution in [0.3, 0.4) is 0 Å². The largest absolute Gasteiger partial charge is 0.330 e. The van der Waals surface area contributed by atoms with Crippen LogP contribution in [0.15, 0.2) is 0 Å². The van der Waals surface area contributed by atoms with Crippen molar-refractivity contribution in [1.29, 1.82) is 0 Å². The molecule has 0 saturated carbocycles. The fourth-order valence-electron chi connectivity index (χ4n) is 1.22. The third-order valence-corrected chi connectivity index (χ3v) is 3.87. The first-order chi connectivity index (χ1) is 6.55. The summed E-state index contributed by atoms with van der Waals surface area (Å²) in [5.41, 5.74) is 5.28. The lowest BCUT2D eigenvalue weighted by atomic mass is 10.1. The summed E-state index contributed by atoms with van der Waals surface area (Å²) in [6.45, 7) is 5.01. The van der Waals surface area contributed by atoms with Crippen LogP contribution in [-0.2, 0) is 10.0 Å². The van der Waals surface area contributed by atoms with Crippen molar-refractivity contribution in [1.82, 2.24) is 4.72 Å². The molecule has 0 aromatic heterocycles. The van der Waals surface area contributed by atoms with Gasteiger partial charge in [-0.2, -0.15) is 0 Å². The van der Waals surface area contributed by atoms with Gasteiger partial charge in [-0.3, -0.25) is 0 Å². The molecule has 86 valence electrons. The Morgan fingerprint density at radius 1 is 1.29 bits per heavy atom. The average Bonchev–Trinajstić information content (AvgIpc) is 2.14. The first-order valence-corrected chi connectivity index (χ1v) is 6.88. The zero-order chi connectivity index (χ0) is 11.0. The molecule has 0 rings (SSSR count). The van der Waals surface area contributed by atoms with E-state index in [9.17, 15) is 8.42 Å². The predicted molar refractivity (Wildman–Crippen MR) is 59.5 cm³/mol. The van der Waals surface area contributed by atoms with Gasteiger partial charge in [0.25, 0.3) is 0 Å². The minimum atomic E-state index is -3.08. The fraction of sp³-hybridized carbons (Fsp3) is 1.00. The molecule has 0 fully saturated rings. The number of sulfonamides is 1. The lowest BCUT2D eigenvalue weighted by molar-refractivity contribution is 0.516. The molecule has 3 N–H and O–H groups in total. The van der Waals surface area contributed by atoms with Crippen LogP contribution in [-0.4, -0.2) is 27.3 Å². The highest BCUT2D eigenvalue weighted by Crippen LogP contribution is 2.09. The van der Waals surface area contributed by atoms with E-state index in [-0.39, 0.29) is 11.7 Å². The minimum Gasteiger partial charge on any atom is -0.330 e. The fourth-order valence-corrected chi connectivity index (χ4v) is 2.89. The number of nitrogens with one attached hydrogen (secondary N) is 1. The van der Waals surface area contributed by atoms with Crippen LogP contribution in [0.25, 0.3) is 0 Å². The monoisotopic (exact) mass is 222 g/mol. The highest BCUT2D eigenvalue weighted by Gasteiger charge is 2.15. The molecule has 0 aliphatic rings. The van der Waals surface area contributed by atoms with E-state index in [1.54, 1.807) is 0 Å². The topological polar surface area (TPSA) is 72.2 Å². The molecule has 0 spiro atoms. The first-order valence-electron chi connectivity index (χ1n) is 5.23. The second kappa shape index (κ2) is 7.20. The summed E-state index contributed by atoms with van der Waals surface area (Å²) in [6.07, 6.45) is 2.52. The molecule has 0 aromatic carbocycles. The van der Waals surface area contributed by atoms with Crippen molar-refractivity contribution in [2.75, 3.05) is 18.8 Å². The van der Waals surface area contributed by atoms with E-state index < -0.39 is 10.0 Å². The second-order valence-corrected chi connectivity index (χ2v) is 5.35. The van der Waals surface area contributed by atoms with Gasteiger partial charge in [-0.25, -0.2) is 13.1 Å². The van der Waals surface area contributed by atoms with Crippen LogP contribution in [0.5, 0.6) is 0 Å². The molecular formula is C9H22N2O2S. The van der Waals surface area contributed by atoms with Crippen LogP contribution in [0.1, 0.15) is 33.1 Å². The summed E-state index contributed by atoms with van der Waals surface area (Å²) < 4.78 is 25.5. The zero-order valence-electron chi connectivity index (χ0n) is 9.12. The molecule has 5 heteroatoms. The van der Waals surface area contributed by atoms with Gasteiger partial charge < -0.3 is 5.73 Å². The molecule has 0 unspecified atom stereocenters. The molecule has 0 radical (unpaired) electrons. The maximum absolute atomic E-state index is 11.5. The summed E-state index contributed by atoms with van der Waals surface area (Å²) in [6, 6.07) is 0. The van der Waals surface area contributed by atoms with Gasteiger partial charge in [-0.15, -0.1) is 0 Å². The van der Waals surface area contributed by atoms with Crippen molar-refractivity contribution in [2.24, 2.45) is 11.7 Å². The number of rotatable bonds is 8. The van der Waals surface area contributed by atoms with Crippen molar-refractivity contribution in [3.05, 3.63) is 0 Å². The third kappa shape index (κ3) is 6.34. The van der Waals surface area contributed by atoms with Crippen molar-refractivity contribution >= 4 is 10.0 Å². The van der Waals surface area contributed by atoms with E-state index in [1.807, 2.05) is 13.8 Å². The summed E-state index contributed by atoms with van der Waals surface area (Å²) in [4.78, 5) is 0. The van der Waals surface area contributed by atoms with Gasteiger partial charge in [0, 0.05) is 6.54 Å². The molecule has 0 amide bonds. The van der Waals surface area contributed by atoms with E-state index in [4.69, 9.17) is 5.73 Å². The van der Waals surface area contributed by atoms with Crippen LogP contribution in [0.4, 0.5) is 0 Å². The highest BCUT2D eigenvalue weighted by molar-refractivity contribution is 7.89. The SMILES string of the molecule is CCC(CC)CS(=O)(=O)NCCCN. The summed E-state index contributed by atoms with van der Waals surface area (Å²) in [5.74, 6) is 0.510. The van der Waals surface area contributed by atoms with Gasteiger partial charge >= 0.3 is 0 Å². The van der Waals surface area contributed by atoms with Gasteiger partial charge in [0.2, 0.25) is 10.0 Å². The van der Waals surface area contributed by atoms with Crippen molar-refractivity contribution in [3.8, 4) is 0 Å². The van der Waals surface area contributed by atoms with Gasteiger partial charge in [-0.1, -0.05) is 26.7 Å². The van der Waals surface area contributed by atoms with Crippen molar-refractivity contribution in [2.45, 2.75) is 33.1 Å².